The first-order valence-corrected chi connectivity index (χ1v) is 42.5. The minimum absolute atomic E-state index is 0. The number of fused-ring (bicyclic) bond motifs is 3. The molecule has 6 aliphatic rings. The van der Waals surface area contributed by atoms with Crippen molar-refractivity contribution in [2.75, 3.05) is 39.4 Å². The van der Waals surface area contributed by atoms with Gasteiger partial charge < -0.3 is 53.0 Å². The highest BCUT2D eigenvalue weighted by molar-refractivity contribution is 6.07. The summed E-state index contributed by atoms with van der Waals surface area (Å²) < 4.78 is 51.5. The number of aromatic nitrogens is 9. The summed E-state index contributed by atoms with van der Waals surface area (Å²) in [5.74, 6) is 1.93. The highest BCUT2D eigenvalue weighted by Crippen LogP contribution is 2.53. The minimum Gasteiger partial charge on any atom is -0.475 e. The predicted octanol–water partition coefficient (Wildman–Crippen LogP) is 18.6. The highest BCUT2D eigenvalue weighted by Gasteiger charge is 2.68. The van der Waals surface area contributed by atoms with Crippen LogP contribution in [-0.4, -0.2) is 164 Å². The topological polar surface area (TPSA) is 324 Å². The number of hydrogen-bond donors (Lipinski definition) is 4. The van der Waals surface area contributed by atoms with Crippen LogP contribution in [0.4, 0.5) is 26.7 Å². The number of nitrogens with one attached hydrogen (secondary N) is 4. The Kier molecular flexibility index (Phi) is 25.9. The number of aryl methyl sites for hydroxylation is 4. The maximum absolute atomic E-state index is 14.1. The van der Waals surface area contributed by atoms with Gasteiger partial charge in [-0.25, -0.2) is 71.8 Å². The lowest BCUT2D eigenvalue weighted by molar-refractivity contribution is -0.176. The summed E-state index contributed by atoms with van der Waals surface area (Å²) in [6, 6.07) is 22.2. The van der Waals surface area contributed by atoms with Crippen molar-refractivity contribution in [2.24, 2.45) is 53.3 Å². The van der Waals surface area contributed by atoms with E-state index in [1.165, 1.54) is 23.3 Å². The van der Waals surface area contributed by atoms with E-state index < -0.39 is 47.2 Å². The first kappa shape index (κ1) is 86.9. The van der Waals surface area contributed by atoms with Gasteiger partial charge in [-0.15, -0.1) is 0 Å². The van der Waals surface area contributed by atoms with Gasteiger partial charge >= 0.3 is 36.1 Å². The van der Waals surface area contributed by atoms with Crippen molar-refractivity contribution in [3.05, 3.63) is 158 Å². The maximum atomic E-state index is 14.1. The summed E-state index contributed by atoms with van der Waals surface area (Å²) in [5, 5.41) is 12.6. The van der Waals surface area contributed by atoms with Gasteiger partial charge in [-0.1, -0.05) is 141 Å². The first-order chi connectivity index (χ1) is 57.9. The molecule has 3 aromatic carbocycles. The van der Waals surface area contributed by atoms with Crippen LogP contribution in [0.15, 0.2) is 72.8 Å². The van der Waals surface area contributed by atoms with Crippen LogP contribution in [0.2, 0.25) is 0 Å². The Morgan fingerprint density at radius 2 is 1.04 bits per heavy atom. The number of carbonyl (C=O) groups excluding carboxylic acids is 7. The number of morpholine rings is 1. The van der Waals surface area contributed by atoms with Gasteiger partial charge in [0.1, 0.15) is 52.4 Å². The molecule has 6 aromatic heterocycles. The number of ether oxygens (including phenoxy) is 8. The number of H-pyrrole nitrogens is 3. The first-order valence-electron chi connectivity index (χ1n) is 42.5. The van der Waals surface area contributed by atoms with Gasteiger partial charge in [0.15, 0.2) is 22.8 Å². The third kappa shape index (κ3) is 17.3. The molecule has 2 saturated heterocycles. The van der Waals surface area contributed by atoms with Crippen LogP contribution in [0.5, 0.6) is 23.4 Å². The lowest BCUT2D eigenvalue weighted by Gasteiger charge is -2.60. The largest absolute Gasteiger partial charge is 0.475 e. The third-order valence-corrected chi connectivity index (χ3v) is 25.3. The molecule has 15 rings (SSSR count). The molecule has 121 heavy (non-hydrogen) atoms. The Labute approximate surface area is 709 Å². The van der Waals surface area contributed by atoms with Crippen molar-refractivity contribution in [3.8, 4) is 34.8 Å². The van der Waals surface area contributed by atoms with Crippen LogP contribution >= 0.6 is 0 Å². The fraction of sp³-hybridized carbons (Fsp3) is 0.527. The van der Waals surface area contributed by atoms with Crippen LogP contribution in [0.1, 0.15) is 234 Å². The van der Waals surface area contributed by atoms with Gasteiger partial charge in [0.05, 0.1) is 44.0 Å². The SMILES string of the molecule is [C-]#[N+]c1c(C(=O)OC2C(C)CC(C)CC2C)c2nc(-c3ccc(C)cc3)[nH]n2c1OC(=O)N1CCOCC1.[C-]#[N+]c1c(C(=O)OC2C(C)CC(C)CC2C)c2nc(C)[nH]n2c1OC(=O)c1ccccc1.[C-]#[N+]c1c(C(=O)OC2C(C)CC(C)CC2C)c2nc(C3CCCC4(C3)NC(=O)C4(CC)Oc3ccc(C)cc3C)[nH]n2c1OC(=O)N(CC)CC.[HH].[HH].[HH]. The fourth-order valence-electron chi connectivity index (χ4n) is 19.7. The number of β-lactam (4-membered cyclic amide) rings is 1. The summed E-state index contributed by atoms with van der Waals surface area (Å²) in [5.41, 5.74) is 2.87. The summed E-state index contributed by atoms with van der Waals surface area (Å²) >= 11 is 0. The van der Waals surface area contributed by atoms with Crippen molar-refractivity contribution in [2.45, 2.75) is 217 Å². The molecule has 9 atom stereocenters. The summed E-state index contributed by atoms with van der Waals surface area (Å²) in [7, 11) is 0. The number of benzene rings is 3. The molecular weight excluding hydrogens is 1540 g/mol. The number of aromatic amines is 3. The highest BCUT2D eigenvalue weighted by atomic mass is 16.6. The van der Waals surface area contributed by atoms with Crippen LogP contribution in [0.3, 0.4) is 0 Å². The van der Waals surface area contributed by atoms with Crippen molar-refractivity contribution >= 4 is 76.0 Å². The molecule has 646 valence electrons. The van der Waals surface area contributed by atoms with Crippen molar-refractivity contribution in [1.29, 1.82) is 0 Å². The number of hydrogen-bond acceptors (Lipinski definition) is 18. The van der Waals surface area contributed by atoms with E-state index in [4.69, 9.17) is 62.6 Å². The second-order valence-corrected chi connectivity index (χ2v) is 34.6. The van der Waals surface area contributed by atoms with Crippen LogP contribution in [-0.2, 0) is 23.7 Å². The Balaban J connectivity index is 0.000000198. The van der Waals surface area contributed by atoms with E-state index in [0.717, 1.165) is 80.0 Å². The zero-order valence-corrected chi connectivity index (χ0v) is 72.0. The predicted molar refractivity (Wildman–Crippen MR) is 457 cm³/mol. The molecule has 1 spiro atoms. The quantitative estimate of drug-likeness (QED) is 0.0285. The number of amides is 3. The van der Waals surface area contributed by atoms with Crippen LogP contribution < -0.4 is 24.3 Å². The summed E-state index contributed by atoms with van der Waals surface area (Å²) in [6.07, 6.45) is 7.04. The molecule has 8 heterocycles. The van der Waals surface area contributed by atoms with E-state index in [1.807, 2.05) is 77.9 Å². The van der Waals surface area contributed by atoms with E-state index in [0.29, 0.717) is 98.8 Å². The number of carbonyl (C=O) groups is 7. The van der Waals surface area contributed by atoms with E-state index in [-0.39, 0.29) is 138 Å². The molecule has 30 nitrogen and oxygen atoms in total. The zero-order valence-electron chi connectivity index (χ0n) is 72.0. The number of nitrogens with zero attached hydrogens (tertiary/aromatic N) is 11. The molecule has 30 heteroatoms. The van der Waals surface area contributed by atoms with E-state index in [1.54, 1.807) is 37.3 Å². The average Bonchev–Trinajstić information content (AvgIpc) is 1.12. The molecule has 9 aromatic rings. The normalized spacial score (nSPS) is 25.7. The van der Waals surface area contributed by atoms with Crippen molar-refractivity contribution < 1.29 is 75.7 Å². The number of rotatable bonds is 17. The standard InChI is InChI=1S/C39H52N6O6.C28H33N5O5.C24H26N4O4.3H2/c1-10-39(51-28-16-15-22(4)18-24(28)6)36(47)42-38(39)17-13-14-27(21-38)32-41-33-29(35(46)49-31-25(7)19-23(5)20-26(31)8)30(40-9)34(45(33)43-32)50-37(48)44(11-2)12-3;1-16-6-8-20(9-7-16)24-30-25-21(27(34)37-23-18(3)14-17(2)15-19(23)4)22(29-5)26(33(25)31-24)38-28(35)32-10-12-36-13-11-32;1-13-11-14(2)20(15(3)12-13)31-24(30)18-19(25-5)22(28-21(18)26-16(4)27-28)32-23(29)17-9-7-6-8-10-17;;;/h15-16,18,23,25-27,31H,10-14,17,19-21H2,1-8H3,(H,41,43)(H,42,47);6-9,17-19,23H,10-15H2,1-4H3,(H,30,31);6-10,13-15,20H,11-12H2,1-4H3,(H,26,27);3*1H. The maximum Gasteiger partial charge on any atom is 0.415 e. The van der Waals surface area contributed by atoms with Gasteiger partial charge in [0.2, 0.25) is 23.2 Å². The lowest BCUT2D eigenvalue weighted by Crippen LogP contribution is -2.84. The van der Waals surface area contributed by atoms with Gasteiger partial charge in [0.25, 0.3) is 23.0 Å². The smallest absolute Gasteiger partial charge is 0.415 e. The third-order valence-electron chi connectivity index (χ3n) is 25.3. The second-order valence-electron chi connectivity index (χ2n) is 34.6. The molecule has 9 unspecified atom stereocenters. The average molecular weight is 1660 g/mol. The number of esters is 4. The van der Waals surface area contributed by atoms with Gasteiger partial charge in [-0.2, -0.15) is 0 Å². The van der Waals surface area contributed by atoms with E-state index in [9.17, 15) is 33.6 Å². The van der Waals surface area contributed by atoms with E-state index >= 15 is 0 Å². The lowest BCUT2D eigenvalue weighted by atomic mass is 9.59. The summed E-state index contributed by atoms with van der Waals surface area (Å²) in [6.45, 7) is 58.6. The Bertz CT molecular complexity index is 5490. The van der Waals surface area contributed by atoms with Crippen molar-refractivity contribution in [3.63, 3.8) is 0 Å². The zero-order chi connectivity index (χ0) is 86.8. The monoisotopic (exact) mass is 1660 g/mol. The molecule has 4 N–H and O–H groups in total. The molecule has 4 saturated carbocycles. The molecule has 3 amide bonds. The Morgan fingerprint density at radius 1 is 0.570 bits per heavy atom. The molecular formula is C91H117N15O15. The minimum atomic E-state index is -1.05. The van der Waals surface area contributed by atoms with Crippen molar-refractivity contribution in [1.82, 2.24) is 58.9 Å². The molecule has 4 aliphatic carbocycles. The molecule has 0 bridgehead atoms. The molecule has 2 aliphatic heterocycles. The van der Waals surface area contributed by atoms with E-state index in [2.05, 4.69) is 113 Å². The van der Waals surface area contributed by atoms with Crippen LogP contribution in [0.25, 0.3) is 42.9 Å². The fourth-order valence-corrected chi connectivity index (χ4v) is 19.7. The van der Waals surface area contributed by atoms with Gasteiger partial charge in [0, 0.05) is 41.9 Å². The van der Waals surface area contributed by atoms with Crippen LogP contribution in [0, 0.1) is 101 Å². The molecule has 6 fully saturated rings. The Hall–Kier alpha value is -12.0. The summed E-state index contributed by atoms with van der Waals surface area (Å²) in [4.78, 5) is 121. The Morgan fingerprint density at radius 3 is 1.53 bits per heavy atom. The second kappa shape index (κ2) is 36.1. The molecule has 0 radical (unpaired) electrons. The van der Waals surface area contributed by atoms with Gasteiger partial charge in [-0.3, -0.25) is 20.1 Å². The van der Waals surface area contributed by atoms with Gasteiger partial charge in [-0.05, 0) is 183 Å².